The number of amides is 1. The van der Waals surface area contributed by atoms with E-state index in [-0.39, 0.29) is 0 Å². The number of benzene rings is 1. The second-order valence-electron chi connectivity index (χ2n) is 4.83. The van der Waals surface area contributed by atoms with E-state index in [0.29, 0.717) is 0 Å². The molecule has 1 amide bonds. The van der Waals surface area contributed by atoms with Crippen molar-refractivity contribution in [1.29, 1.82) is 0 Å². The number of carbonyl (C=O) groups excluding carboxylic acids is 1. The SMILES string of the molecule is CCCCCCC(C)(OC(N)=O)c1ccccc1. The van der Waals surface area contributed by atoms with Crippen LogP contribution in [0.1, 0.15) is 51.5 Å². The number of rotatable bonds is 7. The van der Waals surface area contributed by atoms with E-state index < -0.39 is 11.7 Å². The second-order valence-corrected chi connectivity index (χ2v) is 4.83. The highest BCUT2D eigenvalue weighted by Gasteiger charge is 2.29. The third-order valence-electron chi connectivity index (χ3n) is 3.22. The zero-order valence-corrected chi connectivity index (χ0v) is 11.3. The van der Waals surface area contributed by atoms with Crippen LogP contribution in [0, 0.1) is 0 Å². The van der Waals surface area contributed by atoms with Gasteiger partial charge in [0, 0.05) is 0 Å². The van der Waals surface area contributed by atoms with Crippen LogP contribution in [0.3, 0.4) is 0 Å². The first-order valence-corrected chi connectivity index (χ1v) is 6.62. The maximum atomic E-state index is 11.1. The Hall–Kier alpha value is -1.51. The standard InChI is InChI=1S/C15H23NO2/c1-3-4-5-9-12-15(2,18-14(16)17)13-10-7-6-8-11-13/h6-8,10-11H,3-5,9,12H2,1-2H3,(H2,16,17). The first-order valence-electron chi connectivity index (χ1n) is 6.62. The van der Waals surface area contributed by atoms with E-state index in [4.69, 9.17) is 10.5 Å². The van der Waals surface area contributed by atoms with Gasteiger partial charge in [0.15, 0.2) is 0 Å². The van der Waals surface area contributed by atoms with Crippen molar-refractivity contribution < 1.29 is 9.53 Å². The highest BCUT2D eigenvalue weighted by atomic mass is 16.6. The van der Waals surface area contributed by atoms with Crippen molar-refractivity contribution in [2.45, 2.75) is 51.6 Å². The van der Waals surface area contributed by atoms with Crippen molar-refractivity contribution in [2.24, 2.45) is 5.73 Å². The first-order chi connectivity index (χ1) is 8.58. The molecule has 2 N–H and O–H groups in total. The van der Waals surface area contributed by atoms with E-state index in [0.717, 1.165) is 24.8 Å². The summed E-state index contributed by atoms with van der Waals surface area (Å²) in [4.78, 5) is 11.1. The quantitative estimate of drug-likeness (QED) is 0.743. The van der Waals surface area contributed by atoms with Crippen LogP contribution in [0.15, 0.2) is 30.3 Å². The molecular formula is C15H23NO2. The molecule has 0 heterocycles. The molecule has 0 radical (unpaired) electrons. The number of unbranched alkanes of at least 4 members (excludes halogenated alkanes) is 3. The van der Waals surface area contributed by atoms with Gasteiger partial charge in [-0.3, -0.25) is 0 Å². The molecule has 100 valence electrons. The minimum Gasteiger partial charge on any atom is -0.438 e. The van der Waals surface area contributed by atoms with E-state index >= 15 is 0 Å². The molecule has 0 aliphatic rings. The molecule has 1 rings (SSSR count). The molecule has 1 aromatic carbocycles. The Kier molecular flexibility index (Phi) is 5.69. The molecule has 3 nitrogen and oxygen atoms in total. The maximum Gasteiger partial charge on any atom is 0.405 e. The third-order valence-corrected chi connectivity index (χ3v) is 3.22. The number of hydrogen-bond acceptors (Lipinski definition) is 2. The Morgan fingerprint density at radius 3 is 2.44 bits per heavy atom. The normalized spacial score (nSPS) is 13.9. The summed E-state index contributed by atoms with van der Waals surface area (Å²) in [6, 6.07) is 9.80. The van der Waals surface area contributed by atoms with Crippen molar-refractivity contribution in [2.75, 3.05) is 0 Å². The van der Waals surface area contributed by atoms with Gasteiger partial charge in [-0.05, 0) is 25.3 Å². The molecule has 1 atom stereocenters. The van der Waals surface area contributed by atoms with Crippen LogP contribution in [0.5, 0.6) is 0 Å². The van der Waals surface area contributed by atoms with E-state index in [1.54, 1.807) is 0 Å². The van der Waals surface area contributed by atoms with E-state index in [1.165, 1.54) is 12.8 Å². The summed E-state index contributed by atoms with van der Waals surface area (Å²) < 4.78 is 5.34. The van der Waals surface area contributed by atoms with Gasteiger partial charge in [-0.2, -0.15) is 0 Å². The number of carbonyl (C=O) groups is 1. The lowest BCUT2D eigenvalue weighted by atomic mass is 9.90. The number of primary amides is 1. The summed E-state index contributed by atoms with van der Waals surface area (Å²) in [5, 5.41) is 0. The van der Waals surface area contributed by atoms with Crippen LogP contribution in [0.4, 0.5) is 4.79 Å². The Balaban J connectivity index is 2.72. The van der Waals surface area contributed by atoms with Crippen LogP contribution >= 0.6 is 0 Å². The molecule has 0 fully saturated rings. The van der Waals surface area contributed by atoms with E-state index in [9.17, 15) is 4.79 Å². The average molecular weight is 249 g/mol. The predicted octanol–water partition coefficient (Wildman–Crippen LogP) is 3.97. The highest BCUT2D eigenvalue weighted by Crippen LogP contribution is 2.31. The Bertz CT molecular complexity index is 364. The van der Waals surface area contributed by atoms with Crippen LogP contribution in [-0.2, 0) is 10.3 Å². The van der Waals surface area contributed by atoms with Gasteiger partial charge in [0.2, 0.25) is 0 Å². The minimum absolute atomic E-state index is 0.610. The van der Waals surface area contributed by atoms with Crippen molar-refractivity contribution in [3.63, 3.8) is 0 Å². The van der Waals surface area contributed by atoms with E-state index in [2.05, 4.69) is 6.92 Å². The summed E-state index contributed by atoms with van der Waals surface area (Å²) in [5.74, 6) is 0. The number of ether oxygens (including phenoxy) is 1. The van der Waals surface area contributed by atoms with Crippen molar-refractivity contribution in [1.82, 2.24) is 0 Å². The molecule has 0 aliphatic carbocycles. The monoisotopic (exact) mass is 249 g/mol. The largest absolute Gasteiger partial charge is 0.438 e. The summed E-state index contributed by atoms with van der Waals surface area (Å²) >= 11 is 0. The van der Waals surface area contributed by atoms with Crippen LogP contribution in [0.25, 0.3) is 0 Å². The first kappa shape index (κ1) is 14.6. The molecule has 3 heteroatoms. The molecular weight excluding hydrogens is 226 g/mol. The summed E-state index contributed by atoms with van der Waals surface area (Å²) in [5.41, 5.74) is 5.58. The van der Waals surface area contributed by atoms with E-state index in [1.807, 2.05) is 37.3 Å². The summed E-state index contributed by atoms with van der Waals surface area (Å²) in [6.45, 7) is 4.11. The van der Waals surface area contributed by atoms with Crippen molar-refractivity contribution >= 4 is 6.09 Å². The highest BCUT2D eigenvalue weighted by molar-refractivity contribution is 5.65. The molecule has 0 spiro atoms. The van der Waals surface area contributed by atoms with Crippen LogP contribution in [-0.4, -0.2) is 6.09 Å². The fourth-order valence-electron chi connectivity index (χ4n) is 2.16. The topological polar surface area (TPSA) is 52.3 Å². The third kappa shape index (κ3) is 4.40. The fraction of sp³-hybridized carbons (Fsp3) is 0.533. The Morgan fingerprint density at radius 2 is 1.89 bits per heavy atom. The lowest BCUT2D eigenvalue weighted by molar-refractivity contribution is 0.0190. The fourth-order valence-corrected chi connectivity index (χ4v) is 2.16. The predicted molar refractivity (Wildman–Crippen MR) is 73.2 cm³/mol. The molecule has 0 aliphatic heterocycles. The van der Waals surface area contributed by atoms with Gasteiger partial charge in [-0.1, -0.05) is 56.5 Å². The minimum atomic E-state index is -0.711. The van der Waals surface area contributed by atoms with Gasteiger partial charge in [-0.25, -0.2) is 4.79 Å². The average Bonchev–Trinajstić information content (AvgIpc) is 2.35. The molecule has 0 saturated carbocycles. The zero-order chi connectivity index (χ0) is 13.4. The van der Waals surface area contributed by atoms with Gasteiger partial charge in [0.05, 0.1) is 0 Å². The molecule has 0 saturated heterocycles. The summed E-state index contributed by atoms with van der Waals surface area (Å²) in [7, 11) is 0. The second kappa shape index (κ2) is 7.04. The summed E-state index contributed by atoms with van der Waals surface area (Å²) in [6.07, 6.45) is 4.69. The van der Waals surface area contributed by atoms with Gasteiger partial charge >= 0.3 is 6.09 Å². The molecule has 1 aromatic rings. The van der Waals surface area contributed by atoms with Crippen molar-refractivity contribution in [3.8, 4) is 0 Å². The maximum absolute atomic E-state index is 11.1. The van der Waals surface area contributed by atoms with Crippen molar-refractivity contribution in [3.05, 3.63) is 35.9 Å². The molecule has 1 unspecified atom stereocenters. The van der Waals surface area contributed by atoms with Gasteiger partial charge in [0.1, 0.15) is 5.60 Å². The van der Waals surface area contributed by atoms with Crippen LogP contribution in [0.2, 0.25) is 0 Å². The number of hydrogen-bond donors (Lipinski definition) is 1. The lowest BCUT2D eigenvalue weighted by Gasteiger charge is -2.29. The van der Waals surface area contributed by atoms with Gasteiger partial charge in [-0.15, -0.1) is 0 Å². The van der Waals surface area contributed by atoms with Gasteiger partial charge in [0.25, 0.3) is 0 Å². The number of nitrogens with two attached hydrogens (primary N) is 1. The van der Waals surface area contributed by atoms with Crippen LogP contribution < -0.4 is 5.73 Å². The lowest BCUT2D eigenvalue weighted by Crippen LogP contribution is -2.31. The zero-order valence-electron chi connectivity index (χ0n) is 11.3. The Morgan fingerprint density at radius 1 is 1.22 bits per heavy atom. The molecule has 0 bridgehead atoms. The molecule has 0 aromatic heterocycles. The smallest absolute Gasteiger partial charge is 0.405 e. The molecule has 18 heavy (non-hydrogen) atoms. The van der Waals surface area contributed by atoms with Gasteiger partial charge < -0.3 is 10.5 Å². The Labute approximate surface area is 109 Å².